The summed E-state index contributed by atoms with van der Waals surface area (Å²) in [5, 5.41) is 2.82. The molecule has 8 heteroatoms. The fourth-order valence-corrected chi connectivity index (χ4v) is 4.10. The number of hydrogen-bond donors (Lipinski definition) is 2. The molecule has 0 fully saturated rings. The summed E-state index contributed by atoms with van der Waals surface area (Å²) in [6, 6.07) is 21.5. The van der Waals surface area contributed by atoms with E-state index in [1.165, 1.54) is 30.3 Å². The van der Waals surface area contributed by atoms with E-state index in [2.05, 4.69) is 10.0 Å². The van der Waals surface area contributed by atoms with Crippen LogP contribution in [0.4, 0.5) is 5.69 Å². The minimum atomic E-state index is -3.97. The first kappa shape index (κ1) is 23.0. The van der Waals surface area contributed by atoms with Crippen molar-refractivity contribution in [3.63, 3.8) is 0 Å². The summed E-state index contributed by atoms with van der Waals surface area (Å²) in [6.07, 6.45) is 0.660. The molecule has 0 aliphatic rings. The Morgan fingerprint density at radius 3 is 2.22 bits per heavy atom. The first-order valence-corrected chi connectivity index (χ1v) is 11.6. The minimum absolute atomic E-state index is 0.0372. The molecule has 0 heterocycles. The first-order valence-electron chi connectivity index (χ1n) is 10.1. The monoisotopic (exact) mass is 452 g/mol. The Morgan fingerprint density at radius 2 is 1.53 bits per heavy atom. The largest absolute Gasteiger partial charge is 0.462 e. The lowest BCUT2D eigenvalue weighted by molar-refractivity contribution is 0.0526. The van der Waals surface area contributed by atoms with E-state index in [0.29, 0.717) is 13.0 Å². The number of rotatable bonds is 9. The van der Waals surface area contributed by atoms with E-state index in [4.69, 9.17) is 4.74 Å². The smallest absolute Gasteiger partial charge is 0.338 e. The van der Waals surface area contributed by atoms with Gasteiger partial charge in [0.25, 0.3) is 15.9 Å². The van der Waals surface area contributed by atoms with E-state index in [9.17, 15) is 18.0 Å². The third kappa shape index (κ3) is 5.95. The number of nitrogens with one attached hydrogen (secondary N) is 2. The van der Waals surface area contributed by atoms with Gasteiger partial charge in [-0.3, -0.25) is 9.52 Å². The number of hydrogen-bond acceptors (Lipinski definition) is 5. The van der Waals surface area contributed by atoms with Crippen LogP contribution in [-0.2, 0) is 21.2 Å². The van der Waals surface area contributed by atoms with Gasteiger partial charge in [-0.15, -0.1) is 0 Å². The summed E-state index contributed by atoms with van der Waals surface area (Å²) >= 11 is 0. The molecule has 3 aromatic rings. The first-order chi connectivity index (χ1) is 15.4. The molecule has 0 aliphatic heterocycles. The molecule has 0 radical (unpaired) electrons. The Morgan fingerprint density at radius 1 is 0.875 bits per heavy atom. The van der Waals surface area contributed by atoms with Gasteiger partial charge in [0.1, 0.15) is 0 Å². The van der Waals surface area contributed by atoms with Crippen molar-refractivity contribution in [1.29, 1.82) is 0 Å². The van der Waals surface area contributed by atoms with E-state index >= 15 is 0 Å². The maximum absolute atomic E-state index is 12.8. The highest BCUT2D eigenvalue weighted by atomic mass is 32.2. The zero-order valence-electron chi connectivity index (χ0n) is 17.6. The number of ether oxygens (including phenoxy) is 1. The second-order valence-electron chi connectivity index (χ2n) is 6.89. The molecule has 32 heavy (non-hydrogen) atoms. The molecule has 0 unspecified atom stereocenters. The van der Waals surface area contributed by atoms with Gasteiger partial charge in [-0.05, 0) is 55.3 Å². The number of para-hydroxylation sites is 1. The third-order valence-corrected chi connectivity index (χ3v) is 6.02. The third-order valence-electron chi connectivity index (χ3n) is 4.63. The van der Waals surface area contributed by atoms with Gasteiger partial charge < -0.3 is 10.1 Å². The van der Waals surface area contributed by atoms with Crippen LogP contribution in [0.5, 0.6) is 0 Å². The van der Waals surface area contributed by atoms with Gasteiger partial charge in [0.15, 0.2) is 0 Å². The molecule has 0 spiro atoms. The van der Waals surface area contributed by atoms with E-state index in [1.54, 1.807) is 25.1 Å². The molecule has 1 amide bonds. The van der Waals surface area contributed by atoms with Gasteiger partial charge in [0.05, 0.1) is 28.3 Å². The van der Waals surface area contributed by atoms with E-state index in [-0.39, 0.29) is 34.2 Å². The molecule has 3 rings (SSSR count). The number of anilines is 1. The summed E-state index contributed by atoms with van der Waals surface area (Å²) in [7, 11) is -3.97. The molecular weight excluding hydrogens is 428 g/mol. The Hall–Kier alpha value is -3.65. The number of sulfonamides is 1. The molecule has 2 N–H and O–H groups in total. The predicted octanol–water partition coefficient (Wildman–Crippen LogP) is 3.64. The highest BCUT2D eigenvalue weighted by molar-refractivity contribution is 7.92. The molecule has 3 aromatic carbocycles. The van der Waals surface area contributed by atoms with E-state index in [1.807, 2.05) is 30.3 Å². The summed E-state index contributed by atoms with van der Waals surface area (Å²) < 4.78 is 33.0. The van der Waals surface area contributed by atoms with Crippen molar-refractivity contribution in [2.75, 3.05) is 17.9 Å². The second-order valence-corrected chi connectivity index (χ2v) is 8.57. The standard InChI is InChI=1S/C24H24N2O5S/c1-2-31-24(28)19-12-14-20(15-13-19)32(29,30)26-22-11-7-6-10-21(22)23(27)25-17-16-18-8-4-3-5-9-18/h3-15,26H,2,16-17H2,1H3,(H,25,27). The van der Waals surface area contributed by atoms with Crippen LogP contribution in [0.1, 0.15) is 33.2 Å². The second kappa shape index (κ2) is 10.6. The minimum Gasteiger partial charge on any atom is -0.462 e. The van der Waals surface area contributed by atoms with Crippen LogP contribution in [0, 0.1) is 0 Å². The average molecular weight is 453 g/mol. The fourth-order valence-electron chi connectivity index (χ4n) is 3.02. The summed E-state index contributed by atoms with van der Waals surface area (Å²) in [5.41, 5.74) is 1.73. The highest BCUT2D eigenvalue weighted by Gasteiger charge is 2.19. The van der Waals surface area contributed by atoms with Crippen LogP contribution in [-0.4, -0.2) is 33.4 Å². The molecule has 0 atom stereocenters. The Bertz CT molecular complexity index is 1180. The molecule has 0 aromatic heterocycles. The number of amides is 1. The maximum Gasteiger partial charge on any atom is 0.338 e. The zero-order chi connectivity index (χ0) is 23.0. The number of carbonyl (C=O) groups is 2. The fraction of sp³-hybridized carbons (Fsp3) is 0.167. The van der Waals surface area contributed by atoms with Crippen LogP contribution >= 0.6 is 0 Å². The molecular formula is C24H24N2O5S. The molecule has 166 valence electrons. The number of carbonyl (C=O) groups excluding carboxylic acids is 2. The lowest BCUT2D eigenvalue weighted by atomic mass is 10.1. The van der Waals surface area contributed by atoms with Gasteiger partial charge in [-0.25, -0.2) is 13.2 Å². The Kier molecular flexibility index (Phi) is 7.62. The molecule has 7 nitrogen and oxygen atoms in total. The number of benzene rings is 3. The van der Waals surface area contributed by atoms with E-state index in [0.717, 1.165) is 5.56 Å². The SMILES string of the molecule is CCOC(=O)c1ccc(S(=O)(=O)Nc2ccccc2C(=O)NCCc2ccccc2)cc1. The quantitative estimate of drug-likeness (QED) is 0.483. The van der Waals surface area contributed by atoms with Crippen LogP contribution in [0.2, 0.25) is 0 Å². The molecule has 0 saturated heterocycles. The van der Waals surface area contributed by atoms with Gasteiger partial charge in [0, 0.05) is 6.54 Å². The molecule has 0 bridgehead atoms. The van der Waals surface area contributed by atoms with Gasteiger partial charge in [-0.1, -0.05) is 42.5 Å². The average Bonchev–Trinajstić information content (AvgIpc) is 2.80. The topological polar surface area (TPSA) is 102 Å². The van der Waals surface area contributed by atoms with Crippen molar-refractivity contribution in [3.8, 4) is 0 Å². The van der Waals surface area contributed by atoms with Crippen LogP contribution in [0.25, 0.3) is 0 Å². The van der Waals surface area contributed by atoms with Crippen molar-refractivity contribution >= 4 is 27.6 Å². The van der Waals surface area contributed by atoms with Gasteiger partial charge in [0.2, 0.25) is 0 Å². The van der Waals surface area contributed by atoms with E-state index < -0.39 is 16.0 Å². The Balaban J connectivity index is 1.70. The molecule has 0 aliphatic carbocycles. The highest BCUT2D eigenvalue weighted by Crippen LogP contribution is 2.21. The van der Waals surface area contributed by atoms with Crippen molar-refractivity contribution in [3.05, 3.63) is 95.6 Å². The van der Waals surface area contributed by atoms with Crippen molar-refractivity contribution < 1.29 is 22.7 Å². The van der Waals surface area contributed by atoms with Crippen molar-refractivity contribution in [2.24, 2.45) is 0 Å². The Labute approximate surface area is 187 Å². The summed E-state index contributed by atoms with van der Waals surface area (Å²) in [6.45, 7) is 2.33. The molecule has 0 saturated carbocycles. The summed E-state index contributed by atoms with van der Waals surface area (Å²) in [4.78, 5) is 24.4. The van der Waals surface area contributed by atoms with Gasteiger partial charge in [-0.2, -0.15) is 0 Å². The van der Waals surface area contributed by atoms with Crippen molar-refractivity contribution in [1.82, 2.24) is 5.32 Å². The maximum atomic E-state index is 12.8. The van der Waals surface area contributed by atoms with Crippen LogP contribution in [0.3, 0.4) is 0 Å². The lowest BCUT2D eigenvalue weighted by Crippen LogP contribution is -2.27. The zero-order valence-corrected chi connectivity index (χ0v) is 18.4. The lowest BCUT2D eigenvalue weighted by Gasteiger charge is -2.13. The van der Waals surface area contributed by atoms with Crippen LogP contribution in [0.15, 0.2) is 83.8 Å². The predicted molar refractivity (Wildman–Crippen MR) is 122 cm³/mol. The number of esters is 1. The van der Waals surface area contributed by atoms with Crippen molar-refractivity contribution in [2.45, 2.75) is 18.2 Å². The van der Waals surface area contributed by atoms with Gasteiger partial charge >= 0.3 is 5.97 Å². The summed E-state index contributed by atoms with van der Waals surface area (Å²) in [5.74, 6) is -0.904. The van der Waals surface area contributed by atoms with Crippen LogP contribution < -0.4 is 10.0 Å². The normalized spacial score (nSPS) is 10.9.